The van der Waals surface area contributed by atoms with Crippen molar-refractivity contribution >= 4 is 5.91 Å². The number of rotatable bonds is 6. The average Bonchev–Trinajstić information content (AvgIpc) is 2.38. The van der Waals surface area contributed by atoms with Gasteiger partial charge in [0.15, 0.2) is 6.23 Å². The van der Waals surface area contributed by atoms with Gasteiger partial charge in [-0.15, -0.1) is 0 Å². The average molecular weight is 276 g/mol. The molecule has 0 unspecified atom stereocenters. The number of nitrogens with one attached hydrogen (secondary N) is 1. The van der Waals surface area contributed by atoms with Crippen LogP contribution in [0, 0.1) is 0 Å². The van der Waals surface area contributed by atoms with Gasteiger partial charge in [0.25, 0.3) is 0 Å². The van der Waals surface area contributed by atoms with Crippen molar-refractivity contribution in [2.75, 3.05) is 6.54 Å². The van der Waals surface area contributed by atoms with Crippen LogP contribution in [0.15, 0.2) is 0 Å². The summed E-state index contributed by atoms with van der Waals surface area (Å²) in [6, 6.07) is 0. The van der Waals surface area contributed by atoms with Crippen LogP contribution in [0.3, 0.4) is 0 Å². The van der Waals surface area contributed by atoms with E-state index in [2.05, 4.69) is 5.32 Å². The van der Waals surface area contributed by atoms with Crippen LogP contribution in [-0.4, -0.2) is 58.4 Å². The second-order valence-corrected chi connectivity index (χ2v) is 4.90. The second kappa shape index (κ2) is 7.76. The maximum atomic E-state index is 11.6. The van der Waals surface area contributed by atoms with E-state index in [-0.39, 0.29) is 5.91 Å². The summed E-state index contributed by atoms with van der Waals surface area (Å²) in [6.45, 7) is 2.17. The minimum absolute atomic E-state index is 0.253. The van der Waals surface area contributed by atoms with Crippen molar-refractivity contribution in [3.8, 4) is 0 Å². The van der Waals surface area contributed by atoms with E-state index in [1.807, 2.05) is 0 Å². The van der Waals surface area contributed by atoms with Crippen LogP contribution in [0.25, 0.3) is 0 Å². The van der Waals surface area contributed by atoms with Crippen molar-refractivity contribution in [3.05, 3.63) is 0 Å². The molecule has 0 aromatic rings. The number of hydrogen-bond donors (Lipinski definition) is 5. The Morgan fingerprint density at radius 1 is 1.16 bits per heavy atom. The molecule has 7 nitrogen and oxygen atoms in total. The number of unbranched alkanes of at least 4 members (excludes halogenated alkanes) is 2. The highest BCUT2D eigenvalue weighted by Crippen LogP contribution is 2.19. The van der Waals surface area contributed by atoms with Crippen LogP contribution < -0.4 is 11.1 Å². The molecule has 0 aliphatic carbocycles. The lowest BCUT2D eigenvalue weighted by Gasteiger charge is -2.39. The Labute approximate surface area is 112 Å². The number of aliphatic hydroxyl groups is 3. The standard InChI is InChI=1S/C12H24N2O5/c1-7-9(16)10(17)11(18)12(19-7)14-8(15)5-3-2-4-6-13/h7,9-12,16-18H,2-6,13H2,1H3,(H,14,15)/t7-,9+,10+,11-,12-/m0/s1. The molecule has 0 aromatic carbocycles. The predicted octanol–water partition coefficient (Wildman–Crippen LogP) is -1.55. The van der Waals surface area contributed by atoms with Crippen LogP contribution in [0.2, 0.25) is 0 Å². The molecule has 7 heteroatoms. The van der Waals surface area contributed by atoms with E-state index in [0.29, 0.717) is 19.4 Å². The molecule has 1 rings (SSSR count). The summed E-state index contributed by atoms with van der Waals surface area (Å²) in [5, 5.41) is 31.3. The van der Waals surface area contributed by atoms with Gasteiger partial charge in [0.05, 0.1) is 6.10 Å². The predicted molar refractivity (Wildman–Crippen MR) is 68.0 cm³/mol. The van der Waals surface area contributed by atoms with Gasteiger partial charge in [-0.25, -0.2) is 0 Å². The fourth-order valence-corrected chi connectivity index (χ4v) is 2.01. The monoisotopic (exact) mass is 276 g/mol. The van der Waals surface area contributed by atoms with Crippen molar-refractivity contribution in [1.29, 1.82) is 0 Å². The minimum atomic E-state index is -1.33. The third-order valence-corrected chi connectivity index (χ3v) is 3.26. The van der Waals surface area contributed by atoms with E-state index in [1.165, 1.54) is 0 Å². The second-order valence-electron chi connectivity index (χ2n) is 4.90. The van der Waals surface area contributed by atoms with E-state index in [9.17, 15) is 20.1 Å². The number of hydrogen-bond acceptors (Lipinski definition) is 6. The van der Waals surface area contributed by atoms with E-state index < -0.39 is 30.6 Å². The summed E-state index contributed by atoms with van der Waals surface area (Å²) in [5.41, 5.74) is 5.35. The van der Waals surface area contributed by atoms with Gasteiger partial charge in [-0.05, 0) is 26.3 Å². The summed E-state index contributed by atoms with van der Waals surface area (Å²) in [6.07, 6.45) is -2.69. The first kappa shape index (κ1) is 16.3. The zero-order valence-electron chi connectivity index (χ0n) is 11.2. The Bertz CT molecular complexity index is 289. The number of aliphatic hydroxyl groups excluding tert-OH is 3. The third kappa shape index (κ3) is 4.70. The molecule has 19 heavy (non-hydrogen) atoms. The van der Waals surface area contributed by atoms with Crippen LogP contribution in [0.4, 0.5) is 0 Å². The molecule has 1 heterocycles. The number of amides is 1. The van der Waals surface area contributed by atoms with Crippen molar-refractivity contribution in [2.24, 2.45) is 5.73 Å². The molecule has 0 radical (unpaired) electrons. The maximum absolute atomic E-state index is 11.6. The molecule has 1 amide bonds. The molecule has 0 aromatic heterocycles. The summed E-state index contributed by atoms with van der Waals surface area (Å²) in [4.78, 5) is 11.6. The number of carbonyl (C=O) groups is 1. The van der Waals surface area contributed by atoms with Crippen LogP contribution in [0.5, 0.6) is 0 Å². The zero-order chi connectivity index (χ0) is 14.4. The summed E-state index contributed by atoms with van der Waals surface area (Å²) in [7, 11) is 0. The SMILES string of the molecule is C[C@@H]1O[C@H](NC(=O)CCCCCN)[C@@H](O)[C@H](O)[C@@H]1O. The third-order valence-electron chi connectivity index (χ3n) is 3.26. The maximum Gasteiger partial charge on any atom is 0.222 e. The highest BCUT2D eigenvalue weighted by atomic mass is 16.5. The first-order valence-corrected chi connectivity index (χ1v) is 6.66. The Morgan fingerprint density at radius 2 is 1.84 bits per heavy atom. The highest BCUT2D eigenvalue weighted by molar-refractivity contribution is 5.76. The smallest absolute Gasteiger partial charge is 0.222 e. The Balaban J connectivity index is 2.36. The van der Waals surface area contributed by atoms with Crippen molar-refractivity contribution in [2.45, 2.75) is 63.3 Å². The van der Waals surface area contributed by atoms with Gasteiger partial charge < -0.3 is 31.1 Å². The van der Waals surface area contributed by atoms with Gasteiger partial charge in [-0.2, -0.15) is 0 Å². The molecular formula is C12H24N2O5. The normalized spacial score (nSPS) is 35.1. The largest absolute Gasteiger partial charge is 0.388 e. The van der Waals surface area contributed by atoms with Gasteiger partial charge in [-0.3, -0.25) is 4.79 Å². The van der Waals surface area contributed by atoms with Gasteiger partial charge in [0, 0.05) is 6.42 Å². The molecule has 1 saturated heterocycles. The Hall–Kier alpha value is -0.730. The molecule has 6 N–H and O–H groups in total. The van der Waals surface area contributed by atoms with E-state index in [1.54, 1.807) is 6.92 Å². The molecule has 0 spiro atoms. The Morgan fingerprint density at radius 3 is 2.47 bits per heavy atom. The van der Waals surface area contributed by atoms with Crippen molar-refractivity contribution in [1.82, 2.24) is 5.32 Å². The molecule has 0 bridgehead atoms. The van der Waals surface area contributed by atoms with Gasteiger partial charge in [0.2, 0.25) is 5.91 Å². The first-order valence-electron chi connectivity index (χ1n) is 6.66. The van der Waals surface area contributed by atoms with Gasteiger partial charge >= 0.3 is 0 Å². The number of ether oxygens (including phenoxy) is 1. The van der Waals surface area contributed by atoms with Gasteiger partial charge in [-0.1, -0.05) is 6.42 Å². The fourth-order valence-electron chi connectivity index (χ4n) is 2.01. The quantitative estimate of drug-likeness (QED) is 0.374. The summed E-state index contributed by atoms with van der Waals surface area (Å²) >= 11 is 0. The summed E-state index contributed by atoms with van der Waals surface area (Å²) in [5.74, 6) is -0.253. The van der Waals surface area contributed by atoms with Crippen molar-refractivity contribution in [3.63, 3.8) is 0 Å². The van der Waals surface area contributed by atoms with Crippen LogP contribution in [0.1, 0.15) is 32.6 Å². The molecule has 0 saturated carbocycles. The lowest BCUT2D eigenvalue weighted by atomic mass is 9.99. The lowest BCUT2D eigenvalue weighted by molar-refractivity contribution is -0.224. The molecular weight excluding hydrogens is 252 g/mol. The first-order chi connectivity index (χ1) is 8.97. The molecule has 1 fully saturated rings. The van der Waals surface area contributed by atoms with Crippen LogP contribution in [-0.2, 0) is 9.53 Å². The zero-order valence-corrected chi connectivity index (χ0v) is 11.2. The molecule has 112 valence electrons. The van der Waals surface area contributed by atoms with Crippen molar-refractivity contribution < 1.29 is 24.9 Å². The van der Waals surface area contributed by atoms with Crippen LogP contribution >= 0.6 is 0 Å². The minimum Gasteiger partial charge on any atom is -0.388 e. The lowest BCUT2D eigenvalue weighted by Crippen LogP contribution is -2.61. The Kier molecular flexibility index (Phi) is 6.67. The fraction of sp³-hybridized carbons (Fsp3) is 0.917. The number of nitrogens with two attached hydrogens (primary N) is 1. The topological polar surface area (TPSA) is 125 Å². The molecule has 1 aliphatic heterocycles. The number of carbonyl (C=O) groups excluding carboxylic acids is 1. The van der Waals surface area contributed by atoms with E-state index in [0.717, 1.165) is 12.8 Å². The van der Waals surface area contributed by atoms with E-state index in [4.69, 9.17) is 10.5 Å². The highest BCUT2D eigenvalue weighted by Gasteiger charge is 2.42. The summed E-state index contributed by atoms with van der Waals surface area (Å²) < 4.78 is 5.27. The van der Waals surface area contributed by atoms with Gasteiger partial charge in [0.1, 0.15) is 18.3 Å². The van der Waals surface area contributed by atoms with E-state index >= 15 is 0 Å². The molecule has 1 aliphatic rings. The molecule has 5 atom stereocenters.